The van der Waals surface area contributed by atoms with Gasteiger partial charge in [0.2, 0.25) is 0 Å². The van der Waals surface area contributed by atoms with Crippen LogP contribution in [0.15, 0.2) is 35.9 Å². The molecule has 0 bridgehead atoms. The van der Waals surface area contributed by atoms with E-state index in [1.807, 2.05) is 51.1 Å². The molecule has 0 aliphatic rings. The largest absolute Gasteiger partial charge is 0.496 e. The standard InChI is InChI=1S/C14H18O3/c1-14(2,3)11(13(15)16)12(17-4)10-8-6-5-7-9-10/h5-9H,1-4H3,(H,15,16). The van der Waals surface area contributed by atoms with Gasteiger partial charge in [-0.15, -0.1) is 0 Å². The first-order valence-electron chi connectivity index (χ1n) is 5.45. The molecule has 0 spiro atoms. The quantitative estimate of drug-likeness (QED) is 0.645. The Hall–Kier alpha value is -1.77. The molecule has 0 atom stereocenters. The lowest BCUT2D eigenvalue weighted by Crippen LogP contribution is -2.20. The second-order valence-electron chi connectivity index (χ2n) is 4.83. The fraction of sp³-hybridized carbons (Fsp3) is 0.357. The van der Waals surface area contributed by atoms with Crippen molar-refractivity contribution in [2.45, 2.75) is 20.8 Å². The van der Waals surface area contributed by atoms with Gasteiger partial charge in [-0.3, -0.25) is 0 Å². The minimum absolute atomic E-state index is 0.284. The van der Waals surface area contributed by atoms with Gasteiger partial charge < -0.3 is 9.84 Å². The van der Waals surface area contributed by atoms with E-state index in [0.29, 0.717) is 5.76 Å². The lowest BCUT2D eigenvalue weighted by Gasteiger charge is -2.22. The fourth-order valence-electron chi connectivity index (χ4n) is 1.71. The Balaban J connectivity index is 3.44. The average Bonchev–Trinajstić information content (AvgIpc) is 2.24. The van der Waals surface area contributed by atoms with Crippen molar-refractivity contribution in [3.63, 3.8) is 0 Å². The van der Waals surface area contributed by atoms with Gasteiger partial charge in [-0.1, -0.05) is 51.1 Å². The first kappa shape index (κ1) is 13.3. The average molecular weight is 234 g/mol. The van der Waals surface area contributed by atoms with E-state index in [1.54, 1.807) is 0 Å². The number of hydrogen-bond donors (Lipinski definition) is 1. The number of carboxylic acids is 1. The molecule has 0 saturated carbocycles. The topological polar surface area (TPSA) is 46.5 Å². The predicted octanol–water partition coefficient (Wildman–Crippen LogP) is 3.17. The Morgan fingerprint density at radius 1 is 1.18 bits per heavy atom. The van der Waals surface area contributed by atoms with Crippen LogP contribution >= 0.6 is 0 Å². The molecule has 0 fully saturated rings. The van der Waals surface area contributed by atoms with Crippen molar-refractivity contribution in [2.24, 2.45) is 5.41 Å². The van der Waals surface area contributed by atoms with Crippen molar-refractivity contribution >= 4 is 11.7 Å². The van der Waals surface area contributed by atoms with Crippen molar-refractivity contribution in [3.05, 3.63) is 41.5 Å². The summed E-state index contributed by atoms with van der Waals surface area (Å²) in [6, 6.07) is 9.28. The molecule has 0 aliphatic carbocycles. The minimum atomic E-state index is -0.946. The van der Waals surface area contributed by atoms with Crippen LogP contribution in [0.2, 0.25) is 0 Å². The Morgan fingerprint density at radius 2 is 1.71 bits per heavy atom. The molecule has 0 heterocycles. The summed E-state index contributed by atoms with van der Waals surface area (Å²) in [7, 11) is 1.50. The van der Waals surface area contributed by atoms with Crippen LogP contribution in [0.3, 0.4) is 0 Å². The van der Waals surface area contributed by atoms with Gasteiger partial charge in [0.05, 0.1) is 12.7 Å². The van der Waals surface area contributed by atoms with Gasteiger partial charge in [0.1, 0.15) is 5.76 Å². The van der Waals surface area contributed by atoms with Crippen molar-refractivity contribution in [2.75, 3.05) is 7.11 Å². The molecular weight excluding hydrogens is 216 g/mol. The third-order valence-electron chi connectivity index (χ3n) is 2.43. The number of ether oxygens (including phenoxy) is 1. The van der Waals surface area contributed by atoms with Crippen LogP contribution in [0.4, 0.5) is 0 Å². The van der Waals surface area contributed by atoms with E-state index in [9.17, 15) is 9.90 Å². The van der Waals surface area contributed by atoms with E-state index < -0.39 is 11.4 Å². The second-order valence-corrected chi connectivity index (χ2v) is 4.83. The number of rotatable bonds is 3. The summed E-state index contributed by atoms with van der Waals surface area (Å²) >= 11 is 0. The minimum Gasteiger partial charge on any atom is -0.496 e. The van der Waals surface area contributed by atoms with Crippen molar-refractivity contribution in [1.29, 1.82) is 0 Å². The van der Waals surface area contributed by atoms with E-state index in [2.05, 4.69) is 0 Å². The van der Waals surface area contributed by atoms with Crippen molar-refractivity contribution < 1.29 is 14.6 Å². The van der Waals surface area contributed by atoms with Crippen LogP contribution in [0.5, 0.6) is 0 Å². The maximum Gasteiger partial charge on any atom is 0.335 e. The summed E-state index contributed by atoms with van der Waals surface area (Å²) in [5, 5.41) is 9.33. The van der Waals surface area contributed by atoms with Crippen LogP contribution in [0.25, 0.3) is 5.76 Å². The summed E-state index contributed by atoms with van der Waals surface area (Å²) in [5.41, 5.74) is 0.584. The molecule has 1 N–H and O–H groups in total. The molecule has 17 heavy (non-hydrogen) atoms. The SMILES string of the molecule is COC(=C(C(=O)O)C(C)(C)C)c1ccccc1. The van der Waals surface area contributed by atoms with E-state index in [1.165, 1.54) is 7.11 Å². The van der Waals surface area contributed by atoms with Gasteiger partial charge in [0, 0.05) is 5.56 Å². The highest BCUT2D eigenvalue weighted by Gasteiger charge is 2.29. The highest BCUT2D eigenvalue weighted by Crippen LogP contribution is 2.33. The number of benzene rings is 1. The number of methoxy groups -OCH3 is 1. The Labute approximate surface area is 102 Å². The van der Waals surface area contributed by atoms with Crippen LogP contribution in [-0.4, -0.2) is 18.2 Å². The maximum absolute atomic E-state index is 11.4. The molecule has 1 aromatic carbocycles. The van der Waals surface area contributed by atoms with Crippen LogP contribution in [0, 0.1) is 5.41 Å². The van der Waals surface area contributed by atoms with Gasteiger partial charge >= 0.3 is 5.97 Å². The van der Waals surface area contributed by atoms with E-state index in [4.69, 9.17) is 4.74 Å². The molecule has 92 valence electrons. The summed E-state index contributed by atoms with van der Waals surface area (Å²) in [6.45, 7) is 5.58. The molecular formula is C14H18O3. The van der Waals surface area contributed by atoms with E-state index in [0.717, 1.165) is 5.56 Å². The van der Waals surface area contributed by atoms with Gasteiger partial charge in [-0.2, -0.15) is 0 Å². The molecule has 1 rings (SSSR count). The molecule has 0 amide bonds. The summed E-state index contributed by atoms with van der Waals surface area (Å²) in [4.78, 5) is 11.4. The fourth-order valence-corrected chi connectivity index (χ4v) is 1.71. The molecule has 3 nitrogen and oxygen atoms in total. The second kappa shape index (κ2) is 5.04. The normalized spacial score (nSPS) is 12.9. The molecule has 0 aromatic heterocycles. The van der Waals surface area contributed by atoms with Crippen LogP contribution < -0.4 is 0 Å². The summed E-state index contributed by atoms with van der Waals surface area (Å²) < 4.78 is 5.29. The lowest BCUT2D eigenvalue weighted by molar-refractivity contribution is -0.133. The number of aliphatic carboxylic acids is 1. The summed E-state index contributed by atoms with van der Waals surface area (Å²) in [5.74, 6) is -0.524. The summed E-state index contributed by atoms with van der Waals surface area (Å²) in [6.07, 6.45) is 0. The third kappa shape index (κ3) is 3.09. The smallest absolute Gasteiger partial charge is 0.335 e. The zero-order valence-corrected chi connectivity index (χ0v) is 10.7. The highest BCUT2D eigenvalue weighted by atomic mass is 16.5. The van der Waals surface area contributed by atoms with Crippen molar-refractivity contribution in [1.82, 2.24) is 0 Å². The number of carboxylic acid groups (broad SMARTS) is 1. The molecule has 3 heteroatoms. The van der Waals surface area contributed by atoms with Gasteiger partial charge in [0.15, 0.2) is 0 Å². The van der Waals surface area contributed by atoms with E-state index in [-0.39, 0.29) is 5.57 Å². The van der Waals surface area contributed by atoms with Gasteiger partial charge in [-0.05, 0) is 5.41 Å². The highest BCUT2D eigenvalue weighted by molar-refractivity contribution is 5.96. The van der Waals surface area contributed by atoms with Crippen molar-refractivity contribution in [3.8, 4) is 0 Å². The molecule has 0 radical (unpaired) electrons. The molecule has 0 aliphatic heterocycles. The molecule has 1 aromatic rings. The molecule has 0 unspecified atom stereocenters. The Morgan fingerprint density at radius 3 is 2.06 bits per heavy atom. The first-order chi connectivity index (χ1) is 7.88. The Kier molecular flexibility index (Phi) is 3.94. The van der Waals surface area contributed by atoms with Gasteiger partial charge in [-0.25, -0.2) is 4.79 Å². The van der Waals surface area contributed by atoms with Crippen LogP contribution in [-0.2, 0) is 9.53 Å². The predicted molar refractivity (Wildman–Crippen MR) is 67.5 cm³/mol. The first-order valence-corrected chi connectivity index (χ1v) is 5.45. The third-order valence-corrected chi connectivity index (χ3v) is 2.43. The van der Waals surface area contributed by atoms with E-state index >= 15 is 0 Å². The number of carbonyl (C=O) groups is 1. The van der Waals surface area contributed by atoms with Crippen LogP contribution in [0.1, 0.15) is 26.3 Å². The number of hydrogen-bond acceptors (Lipinski definition) is 2. The Bertz CT molecular complexity index is 425. The molecule has 0 saturated heterocycles. The van der Waals surface area contributed by atoms with Gasteiger partial charge in [0.25, 0.3) is 0 Å². The maximum atomic E-state index is 11.4. The zero-order valence-electron chi connectivity index (χ0n) is 10.7. The lowest BCUT2D eigenvalue weighted by atomic mass is 9.84. The monoisotopic (exact) mass is 234 g/mol. The zero-order chi connectivity index (χ0) is 13.1.